The Morgan fingerprint density at radius 3 is 2.56 bits per heavy atom. The van der Waals surface area contributed by atoms with Crippen molar-refractivity contribution in [3.8, 4) is 0 Å². The standard InChI is InChI=1S/C23H26N2O2/c1-17(26)20-9-5-6-18(14-20)15-25-16-21(19-7-3-2-4-8-19)23(22(25)27)10-12-24-13-11-23/h2-9,14,21,24H,10-13,15-16H2,1H3. The summed E-state index contributed by atoms with van der Waals surface area (Å²) >= 11 is 0. The third-order valence-corrected chi connectivity index (χ3v) is 6.19. The average molecular weight is 362 g/mol. The van der Waals surface area contributed by atoms with E-state index in [2.05, 4.69) is 29.6 Å². The topological polar surface area (TPSA) is 49.4 Å². The molecule has 140 valence electrons. The van der Waals surface area contributed by atoms with Gasteiger partial charge in [0.1, 0.15) is 0 Å². The Hall–Kier alpha value is -2.46. The predicted octanol–water partition coefficient (Wildman–Crippen LogP) is 3.39. The van der Waals surface area contributed by atoms with Crippen LogP contribution in [0.5, 0.6) is 0 Å². The molecule has 0 radical (unpaired) electrons. The van der Waals surface area contributed by atoms with E-state index in [1.54, 1.807) is 6.92 Å². The van der Waals surface area contributed by atoms with Gasteiger partial charge in [-0.05, 0) is 50.0 Å². The molecule has 27 heavy (non-hydrogen) atoms. The lowest BCUT2D eigenvalue weighted by Crippen LogP contribution is -2.44. The Labute approximate surface area is 160 Å². The zero-order valence-corrected chi connectivity index (χ0v) is 15.8. The molecule has 4 nitrogen and oxygen atoms in total. The molecule has 0 aromatic heterocycles. The third-order valence-electron chi connectivity index (χ3n) is 6.19. The number of benzene rings is 2. The second-order valence-corrected chi connectivity index (χ2v) is 7.81. The molecule has 2 aromatic carbocycles. The fourth-order valence-electron chi connectivity index (χ4n) is 4.73. The first kappa shape index (κ1) is 17.9. The summed E-state index contributed by atoms with van der Waals surface area (Å²) in [7, 11) is 0. The van der Waals surface area contributed by atoms with Gasteiger partial charge in [0, 0.05) is 24.6 Å². The summed E-state index contributed by atoms with van der Waals surface area (Å²) in [4.78, 5) is 27.2. The highest BCUT2D eigenvalue weighted by molar-refractivity contribution is 5.94. The quantitative estimate of drug-likeness (QED) is 0.848. The molecule has 2 aliphatic heterocycles. The number of nitrogens with zero attached hydrogens (tertiary/aromatic N) is 1. The van der Waals surface area contributed by atoms with Crippen LogP contribution in [0.3, 0.4) is 0 Å². The fraction of sp³-hybridized carbons (Fsp3) is 0.391. The maximum absolute atomic E-state index is 13.5. The van der Waals surface area contributed by atoms with E-state index in [9.17, 15) is 9.59 Å². The summed E-state index contributed by atoms with van der Waals surface area (Å²) in [6.07, 6.45) is 1.77. The molecule has 0 aliphatic carbocycles. The van der Waals surface area contributed by atoms with E-state index in [0.29, 0.717) is 12.1 Å². The maximum atomic E-state index is 13.5. The first-order valence-corrected chi connectivity index (χ1v) is 9.75. The van der Waals surface area contributed by atoms with Crippen LogP contribution < -0.4 is 5.32 Å². The van der Waals surface area contributed by atoms with E-state index in [1.165, 1.54) is 5.56 Å². The number of likely N-dealkylation sites (tertiary alicyclic amines) is 1. The van der Waals surface area contributed by atoms with Crippen LogP contribution in [0.1, 0.15) is 47.2 Å². The minimum Gasteiger partial charge on any atom is -0.337 e. The van der Waals surface area contributed by atoms with Crippen molar-refractivity contribution in [2.75, 3.05) is 19.6 Å². The minimum atomic E-state index is -0.301. The van der Waals surface area contributed by atoms with Gasteiger partial charge in [-0.2, -0.15) is 0 Å². The molecule has 2 fully saturated rings. The smallest absolute Gasteiger partial charge is 0.229 e. The molecular formula is C23H26N2O2. The van der Waals surface area contributed by atoms with Gasteiger partial charge in [-0.15, -0.1) is 0 Å². The van der Waals surface area contributed by atoms with Crippen LogP contribution in [0.15, 0.2) is 54.6 Å². The number of carbonyl (C=O) groups excluding carboxylic acids is 2. The number of Topliss-reactive ketones (excluding diaryl/α,β-unsaturated/α-hetero) is 1. The van der Waals surface area contributed by atoms with Crippen molar-refractivity contribution in [3.05, 3.63) is 71.3 Å². The van der Waals surface area contributed by atoms with Gasteiger partial charge in [-0.3, -0.25) is 9.59 Å². The number of piperidine rings is 1. The van der Waals surface area contributed by atoms with Crippen LogP contribution in [-0.4, -0.2) is 36.2 Å². The van der Waals surface area contributed by atoms with Gasteiger partial charge in [0.2, 0.25) is 5.91 Å². The van der Waals surface area contributed by atoms with Gasteiger partial charge in [-0.1, -0.05) is 48.5 Å². The number of carbonyl (C=O) groups is 2. The summed E-state index contributed by atoms with van der Waals surface area (Å²) in [5.41, 5.74) is 2.68. The highest BCUT2D eigenvalue weighted by Gasteiger charge is 2.54. The van der Waals surface area contributed by atoms with E-state index < -0.39 is 0 Å². The average Bonchev–Trinajstić information content (AvgIpc) is 2.95. The van der Waals surface area contributed by atoms with Crippen molar-refractivity contribution in [1.82, 2.24) is 10.2 Å². The second kappa shape index (κ2) is 7.28. The van der Waals surface area contributed by atoms with Gasteiger partial charge in [0.05, 0.1) is 5.41 Å². The van der Waals surface area contributed by atoms with Gasteiger partial charge in [0.25, 0.3) is 0 Å². The molecule has 1 N–H and O–H groups in total. The van der Waals surface area contributed by atoms with E-state index in [1.807, 2.05) is 35.2 Å². The summed E-state index contributed by atoms with van der Waals surface area (Å²) in [5, 5.41) is 3.40. The molecule has 2 saturated heterocycles. The monoisotopic (exact) mass is 362 g/mol. The summed E-state index contributed by atoms with van der Waals surface area (Å²) in [5.74, 6) is 0.553. The van der Waals surface area contributed by atoms with E-state index >= 15 is 0 Å². The maximum Gasteiger partial charge on any atom is 0.229 e. The molecule has 4 rings (SSSR count). The fourth-order valence-corrected chi connectivity index (χ4v) is 4.73. The molecule has 1 spiro atoms. The summed E-state index contributed by atoms with van der Waals surface area (Å²) in [6, 6.07) is 18.1. The van der Waals surface area contributed by atoms with E-state index in [-0.39, 0.29) is 23.0 Å². The van der Waals surface area contributed by atoms with Crippen LogP contribution in [-0.2, 0) is 11.3 Å². The number of ketones is 1. The Kier molecular flexibility index (Phi) is 4.83. The van der Waals surface area contributed by atoms with Crippen LogP contribution >= 0.6 is 0 Å². The molecule has 2 aromatic rings. The lowest BCUT2D eigenvalue weighted by molar-refractivity contribution is -0.138. The number of hydrogen-bond acceptors (Lipinski definition) is 3. The number of amides is 1. The molecule has 2 heterocycles. The minimum absolute atomic E-state index is 0.0570. The largest absolute Gasteiger partial charge is 0.337 e. The zero-order valence-electron chi connectivity index (χ0n) is 15.8. The van der Waals surface area contributed by atoms with Crippen molar-refractivity contribution in [3.63, 3.8) is 0 Å². The molecule has 0 bridgehead atoms. The third kappa shape index (κ3) is 3.30. The van der Waals surface area contributed by atoms with E-state index in [0.717, 1.165) is 38.0 Å². The lowest BCUT2D eigenvalue weighted by atomic mass is 9.68. The molecule has 0 saturated carbocycles. The van der Waals surface area contributed by atoms with E-state index in [4.69, 9.17) is 0 Å². The second-order valence-electron chi connectivity index (χ2n) is 7.81. The van der Waals surface area contributed by atoms with Crippen LogP contribution in [0.4, 0.5) is 0 Å². The summed E-state index contributed by atoms with van der Waals surface area (Å²) in [6.45, 7) is 4.67. The van der Waals surface area contributed by atoms with Crippen molar-refractivity contribution < 1.29 is 9.59 Å². The normalized spacial score (nSPS) is 21.6. The van der Waals surface area contributed by atoms with Crippen LogP contribution in [0.25, 0.3) is 0 Å². The van der Waals surface area contributed by atoms with Crippen LogP contribution in [0.2, 0.25) is 0 Å². The molecular weight excluding hydrogens is 336 g/mol. The number of rotatable bonds is 4. The van der Waals surface area contributed by atoms with Gasteiger partial charge >= 0.3 is 0 Å². The van der Waals surface area contributed by atoms with Crippen molar-refractivity contribution in [2.24, 2.45) is 5.41 Å². The zero-order chi connectivity index (χ0) is 18.9. The predicted molar refractivity (Wildman–Crippen MR) is 106 cm³/mol. The van der Waals surface area contributed by atoms with Gasteiger partial charge in [-0.25, -0.2) is 0 Å². The summed E-state index contributed by atoms with van der Waals surface area (Å²) < 4.78 is 0. The number of nitrogens with one attached hydrogen (secondary N) is 1. The molecule has 1 unspecified atom stereocenters. The molecule has 2 aliphatic rings. The van der Waals surface area contributed by atoms with Crippen LogP contribution in [0, 0.1) is 5.41 Å². The Morgan fingerprint density at radius 1 is 1.11 bits per heavy atom. The Bertz CT molecular complexity index is 840. The highest BCUT2D eigenvalue weighted by atomic mass is 16.2. The van der Waals surface area contributed by atoms with Gasteiger partial charge < -0.3 is 10.2 Å². The molecule has 4 heteroatoms. The van der Waals surface area contributed by atoms with Crippen molar-refractivity contribution in [1.29, 1.82) is 0 Å². The first-order valence-electron chi connectivity index (χ1n) is 9.75. The van der Waals surface area contributed by atoms with Crippen molar-refractivity contribution >= 4 is 11.7 Å². The Morgan fingerprint density at radius 2 is 1.85 bits per heavy atom. The SMILES string of the molecule is CC(=O)c1cccc(CN2CC(c3ccccc3)C3(CCNCC3)C2=O)c1. The highest BCUT2D eigenvalue weighted by Crippen LogP contribution is 2.50. The van der Waals surface area contributed by atoms with Crippen molar-refractivity contribution in [2.45, 2.75) is 32.2 Å². The lowest BCUT2D eigenvalue weighted by Gasteiger charge is -2.36. The molecule has 1 atom stereocenters. The Balaban J connectivity index is 1.64. The van der Waals surface area contributed by atoms with Gasteiger partial charge in [0.15, 0.2) is 5.78 Å². The molecule has 1 amide bonds. The number of hydrogen-bond donors (Lipinski definition) is 1. The first-order chi connectivity index (χ1) is 13.1.